The van der Waals surface area contributed by atoms with Crippen LogP contribution in [0, 0.1) is 0 Å². The van der Waals surface area contributed by atoms with E-state index in [1.807, 2.05) is 36.4 Å². The smallest absolute Gasteiger partial charge is 0.271 e. The first-order chi connectivity index (χ1) is 14.7. The van der Waals surface area contributed by atoms with Gasteiger partial charge in [-0.2, -0.15) is 0 Å². The second kappa shape index (κ2) is 8.08. The largest absolute Gasteiger partial charge is 0.345 e. The van der Waals surface area contributed by atoms with Crippen LogP contribution in [0.25, 0.3) is 4.96 Å². The molecule has 0 fully saturated rings. The normalized spacial score (nSPS) is 15.7. The van der Waals surface area contributed by atoms with Gasteiger partial charge in [0.05, 0.1) is 6.04 Å². The van der Waals surface area contributed by atoms with Crippen LogP contribution in [0.1, 0.15) is 38.8 Å². The van der Waals surface area contributed by atoms with Gasteiger partial charge in [0, 0.05) is 34.3 Å². The molecule has 4 aromatic rings. The van der Waals surface area contributed by atoms with Crippen molar-refractivity contribution in [3.8, 4) is 0 Å². The number of rotatable bonds is 4. The molecule has 1 aliphatic heterocycles. The molecule has 5 nitrogen and oxygen atoms in total. The van der Waals surface area contributed by atoms with Gasteiger partial charge < -0.3 is 5.32 Å². The number of nitrogens with one attached hydrogen (secondary N) is 1. The average molecular weight is 434 g/mol. The molecule has 0 saturated carbocycles. The monoisotopic (exact) mass is 433 g/mol. The SMILES string of the molecule is O=C(NC1CCSc2ccccc21)c1cnc2sc(Cc3ccccc3)cn2c1=O. The quantitative estimate of drug-likeness (QED) is 0.521. The topological polar surface area (TPSA) is 63.5 Å². The number of hydrogen-bond acceptors (Lipinski definition) is 5. The lowest BCUT2D eigenvalue weighted by Crippen LogP contribution is -2.35. The molecular weight excluding hydrogens is 414 g/mol. The lowest BCUT2D eigenvalue weighted by molar-refractivity contribution is 0.0933. The summed E-state index contributed by atoms with van der Waals surface area (Å²) in [5.41, 5.74) is 2.03. The zero-order valence-corrected chi connectivity index (χ0v) is 17.7. The third-order valence-electron chi connectivity index (χ3n) is 5.18. The molecule has 2 aromatic carbocycles. The van der Waals surface area contributed by atoms with Gasteiger partial charge in [0.1, 0.15) is 5.56 Å². The number of carbonyl (C=O) groups excluding carboxylic acids is 1. The summed E-state index contributed by atoms with van der Waals surface area (Å²) < 4.78 is 1.49. The molecule has 1 N–H and O–H groups in total. The molecule has 7 heteroatoms. The maximum atomic E-state index is 13.0. The number of nitrogens with zero attached hydrogens (tertiary/aromatic N) is 2. The summed E-state index contributed by atoms with van der Waals surface area (Å²) in [6.45, 7) is 0. The molecule has 1 aliphatic rings. The molecule has 1 atom stereocenters. The van der Waals surface area contributed by atoms with E-state index in [0.717, 1.165) is 29.0 Å². The van der Waals surface area contributed by atoms with Crippen molar-refractivity contribution in [3.63, 3.8) is 0 Å². The molecule has 30 heavy (non-hydrogen) atoms. The lowest BCUT2D eigenvalue weighted by atomic mass is 10.0. The molecular formula is C23H19N3O2S2. The fourth-order valence-electron chi connectivity index (χ4n) is 3.69. The summed E-state index contributed by atoms with van der Waals surface area (Å²) in [5.74, 6) is 0.565. The van der Waals surface area contributed by atoms with E-state index in [4.69, 9.17) is 0 Å². The molecule has 5 rings (SSSR count). The molecule has 3 heterocycles. The molecule has 2 aromatic heterocycles. The highest BCUT2D eigenvalue weighted by Gasteiger charge is 2.24. The van der Waals surface area contributed by atoms with Gasteiger partial charge in [-0.3, -0.25) is 14.0 Å². The molecule has 150 valence electrons. The number of amides is 1. The Balaban J connectivity index is 1.41. The Bertz CT molecular complexity index is 1280. The molecule has 1 amide bonds. The van der Waals surface area contributed by atoms with Gasteiger partial charge in [-0.1, -0.05) is 48.5 Å². The third-order valence-corrected chi connectivity index (χ3v) is 7.30. The van der Waals surface area contributed by atoms with Crippen LogP contribution in [0.5, 0.6) is 0 Å². The minimum absolute atomic E-state index is 0.0762. The minimum Gasteiger partial charge on any atom is -0.345 e. The second-order valence-corrected chi connectivity index (χ2v) is 9.42. The van der Waals surface area contributed by atoms with Crippen LogP contribution in [0.3, 0.4) is 0 Å². The van der Waals surface area contributed by atoms with Gasteiger partial charge in [-0.25, -0.2) is 4.98 Å². The number of thioether (sulfide) groups is 1. The van der Waals surface area contributed by atoms with E-state index in [0.29, 0.717) is 4.96 Å². The first kappa shape index (κ1) is 19.1. The van der Waals surface area contributed by atoms with Crippen LogP contribution in [-0.4, -0.2) is 21.0 Å². The van der Waals surface area contributed by atoms with E-state index < -0.39 is 0 Å². The Kier molecular flexibility index (Phi) is 5.14. The van der Waals surface area contributed by atoms with Gasteiger partial charge in [-0.15, -0.1) is 23.1 Å². The third kappa shape index (κ3) is 3.66. The Morgan fingerprint density at radius 3 is 2.80 bits per heavy atom. The second-order valence-electron chi connectivity index (χ2n) is 7.19. The summed E-state index contributed by atoms with van der Waals surface area (Å²) >= 11 is 3.27. The standard InChI is InChI=1S/C23H19N3O2S2/c27-21(25-19-10-11-29-20-9-5-4-8-17(19)20)18-13-24-23-26(22(18)28)14-16(30-23)12-15-6-2-1-3-7-15/h1-9,13-14,19H,10-12H2,(H,25,27). The van der Waals surface area contributed by atoms with E-state index in [-0.39, 0.29) is 23.1 Å². The zero-order chi connectivity index (χ0) is 20.5. The van der Waals surface area contributed by atoms with E-state index in [1.54, 1.807) is 18.0 Å². The number of benzene rings is 2. The average Bonchev–Trinajstić information content (AvgIpc) is 3.18. The Hall–Kier alpha value is -2.90. The van der Waals surface area contributed by atoms with Crippen LogP contribution < -0.4 is 10.9 Å². The lowest BCUT2D eigenvalue weighted by Gasteiger charge is -2.25. The Morgan fingerprint density at radius 2 is 1.93 bits per heavy atom. The first-order valence-corrected chi connectivity index (χ1v) is 11.6. The van der Waals surface area contributed by atoms with Gasteiger partial charge in [0.25, 0.3) is 11.5 Å². The number of carbonyl (C=O) groups is 1. The Labute approximate surface area is 181 Å². The van der Waals surface area contributed by atoms with Gasteiger partial charge in [0.2, 0.25) is 0 Å². The number of fused-ring (bicyclic) bond motifs is 2. The summed E-state index contributed by atoms with van der Waals surface area (Å²) in [6.07, 6.45) is 4.77. The molecule has 0 bridgehead atoms. The summed E-state index contributed by atoms with van der Waals surface area (Å²) in [6, 6.07) is 18.1. The van der Waals surface area contributed by atoms with Crippen molar-refractivity contribution in [2.45, 2.75) is 23.8 Å². The van der Waals surface area contributed by atoms with Gasteiger partial charge in [0.15, 0.2) is 4.96 Å². The highest BCUT2D eigenvalue weighted by atomic mass is 32.2. The first-order valence-electron chi connectivity index (χ1n) is 9.75. The zero-order valence-electron chi connectivity index (χ0n) is 16.1. The van der Waals surface area contributed by atoms with Gasteiger partial charge >= 0.3 is 0 Å². The Morgan fingerprint density at radius 1 is 1.13 bits per heavy atom. The van der Waals surface area contributed by atoms with Crippen LogP contribution >= 0.6 is 23.1 Å². The maximum Gasteiger partial charge on any atom is 0.271 e. The molecule has 0 radical (unpaired) electrons. The number of hydrogen-bond donors (Lipinski definition) is 1. The van der Waals surface area contributed by atoms with Crippen LogP contribution in [0.15, 0.2) is 76.7 Å². The number of aromatic nitrogens is 2. The predicted molar refractivity (Wildman–Crippen MR) is 121 cm³/mol. The fraction of sp³-hybridized carbons (Fsp3) is 0.174. The van der Waals surface area contributed by atoms with Crippen molar-refractivity contribution < 1.29 is 4.79 Å². The van der Waals surface area contributed by atoms with E-state index in [9.17, 15) is 9.59 Å². The molecule has 1 unspecified atom stereocenters. The van der Waals surface area contributed by atoms with E-state index in [2.05, 4.69) is 28.5 Å². The van der Waals surface area contributed by atoms with Crippen molar-refractivity contribution in [2.75, 3.05) is 5.75 Å². The van der Waals surface area contributed by atoms with Crippen molar-refractivity contribution >= 4 is 34.0 Å². The molecule has 0 saturated heterocycles. The fourth-order valence-corrected chi connectivity index (χ4v) is 5.79. The number of thiazole rings is 1. The van der Waals surface area contributed by atoms with Crippen molar-refractivity contribution in [2.24, 2.45) is 0 Å². The maximum absolute atomic E-state index is 13.0. The highest BCUT2D eigenvalue weighted by molar-refractivity contribution is 7.99. The van der Waals surface area contributed by atoms with Crippen molar-refractivity contribution in [3.05, 3.63) is 98.9 Å². The van der Waals surface area contributed by atoms with Crippen LogP contribution in [0.4, 0.5) is 0 Å². The van der Waals surface area contributed by atoms with Crippen molar-refractivity contribution in [1.82, 2.24) is 14.7 Å². The molecule has 0 spiro atoms. The summed E-state index contributed by atoms with van der Waals surface area (Å²) in [7, 11) is 0. The molecule has 0 aliphatic carbocycles. The predicted octanol–water partition coefficient (Wildman–Crippen LogP) is 4.31. The van der Waals surface area contributed by atoms with Crippen LogP contribution in [0.2, 0.25) is 0 Å². The summed E-state index contributed by atoms with van der Waals surface area (Å²) in [4.78, 5) is 33.1. The van der Waals surface area contributed by atoms with E-state index in [1.165, 1.54) is 32.4 Å². The summed E-state index contributed by atoms with van der Waals surface area (Å²) in [5, 5.41) is 3.04. The van der Waals surface area contributed by atoms with Gasteiger partial charge in [-0.05, 0) is 23.6 Å². The van der Waals surface area contributed by atoms with E-state index >= 15 is 0 Å². The van der Waals surface area contributed by atoms with Crippen LogP contribution in [-0.2, 0) is 6.42 Å². The van der Waals surface area contributed by atoms with Crippen molar-refractivity contribution in [1.29, 1.82) is 0 Å². The highest BCUT2D eigenvalue weighted by Crippen LogP contribution is 2.35. The minimum atomic E-state index is -0.371.